The lowest BCUT2D eigenvalue weighted by Gasteiger charge is -2.21. The van der Waals surface area contributed by atoms with Gasteiger partial charge in [0.2, 0.25) is 10.0 Å². The van der Waals surface area contributed by atoms with Crippen LogP contribution in [-0.4, -0.2) is 39.3 Å². The lowest BCUT2D eigenvalue weighted by molar-refractivity contribution is -0.119. The molecule has 0 radical (unpaired) electrons. The van der Waals surface area contributed by atoms with E-state index in [1.54, 1.807) is 54.6 Å². The van der Waals surface area contributed by atoms with Crippen LogP contribution in [0.25, 0.3) is 0 Å². The third-order valence-electron chi connectivity index (χ3n) is 4.31. The molecule has 0 fully saturated rings. The van der Waals surface area contributed by atoms with E-state index in [4.69, 9.17) is 4.74 Å². The smallest absolute Gasteiger partial charge is 0.343 e. The number of esters is 1. The lowest BCUT2D eigenvalue weighted by atomic mass is 10.2. The Morgan fingerprint density at radius 1 is 1.00 bits per heavy atom. The van der Waals surface area contributed by atoms with Crippen molar-refractivity contribution >= 4 is 33.8 Å². The van der Waals surface area contributed by atoms with Crippen LogP contribution in [0.15, 0.2) is 84.0 Å². The van der Waals surface area contributed by atoms with Crippen molar-refractivity contribution in [1.82, 2.24) is 5.43 Å². The second kappa shape index (κ2) is 10.5. The van der Waals surface area contributed by atoms with Crippen LogP contribution in [0.1, 0.15) is 15.9 Å². The molecule has 3 rings (SSSR count). The van der Waals surface area contributed by atoms with Gasteiger partial charge in [-0.2, -0.15) is 5.10 Å². The number of hydrogen-bond acceptors (Lipinski definition) is 6. The summed E-state index contributed by atoms with van der Waals surface area (Å²) >= 11 is 0. The van der Waals surface area contributed by atoms with Crippen molar-refractivity contribution in [1.29, 1.82) is 0 Å². The third-order valence-corrected chi connectivity index (χ3v) is 5.44. The second-order valence-electron chi connectivity index (χ2n) is 6.84. The summed E-state index contributed by atoms with van der Waals surface area (Å²) in [6, 6.07) is 20.1. The maximum Gasteiger partial charge on any atom is 0.343 e. The molecule has 10 heteroatoms. The Morgan fingerprint density at radius 3 is 2.27 bits per heavy atom. The Morgan fingerprint density at radius 2 is 1.64 bits per heavy atom. The highest BCUT2D eigenvalue weighted by Gasteiger charge is 2.23. The van der Waals surface area contributed by atoms with E-state index in [0.717, 1.165) is 12.3 Å². The number of hydrazone groups is 1. The number of amides is 1. The summed E-state index contributed by atoms with van der Waals surface area (Å²) in [4.78, 5) is 24.2. The fraction of sp³-hybridized carbons (Fsp3) is 0.0870. The summed E-state index contributed by atoms with van der Waals surface area (Å²) < 4.78 is 44.0. The zero-order chi connectivity index (χ0) is 23.8. The third kappa shape index (κ3) is 6.71. The van der Waals surface area contributed by atoms with Gasteiger partial charge < -0.3 is 4.74 Å². The van der Waals surface area contributed by atoms with Crippen molar-refractivity contribution in [2.75, 3.05) is 17.1 Å². The monoisotopic (exact) mass is 469 g/mol. The SMILES string of the molecule is CS(=O)(=O)N(CC(=O)N/N=C\c1ccc(OC(=O)c2ccccc2)cc1)c1ccccc1F. The molecule has 0 aromatic heterocycles. The number of para-hydroxylation sites is 1. The largest absolute Gasteiger partial charge is 0.423 e. The average Bonchev–Trinajstić information content (AvgIpc) is 2.79. The van der Waals surface area contributed by atoms with Gasteiger partial charge in [-0.1, -0.05) is 30.3 Å². The molecule has 0 aliphatic rings. The first-order chi connectivity index (χ1) is 15.7. The van der Waals surface area contributed by atoms with E-state index in [0.29, 0.717) is 21.2 Å². The van der Waals surface area contributed by atoms with Crippen molar-refractivity contribution in [3.05, 3.63) is 95.8 Å². The zero-order valence-corrected chi connectivity index (χ0v) is 18.3. The number of benzene rings is 3. The molecule has 0 atom stereocenters. The fourth-order valence-electron chi connectivity index (χ4n) is 2.74. The molecular weight excluding hydrogens is 449 g/mol. The van der Waals surface area contributed by atoms with Crippen LogP contribution < -0.4 is 14.5 Å². The first-order valence-corrected chi connectivity index (χ1v) is 11.5. The minimum absolute atomic E-state index is 0.236. The van der Waals surface area contributed by atoms with Gasteiger partial charge in [-0.05, 0) is 54.1 Å². The average molecular weight is 469 g/mol. The van der Waals surface area contributed by atoms with Gasteiger partial charge in [-0.15, -0.1) is 0 Å². The normalized spacial score (nSPS) is 11.2. The molecule has 0 bridgehead atoms. The molecule has 170 valence electrons. The van der Waals surface area contributed by atoms with E-state index in [1.807, 2.05) is 0 Å². The van der Waals surface area contributed by atoms with E-state index >= 15 is 0 Å². The number of carbonyl (C=O) groups excluding carboxylic acids is 2. The number of hydrogen-bond donors (Lipinski definition) is 1. The molecular formula is C23H20FN3O5S. The topological polar surface area (TPSA) is 105 Å². The molecule has 3 aromatic rings. The quantitative estimate of drug-likeness (QED) is 0.236. The van der Waals surface area contributed by atoms with E-state index in [2.05, 4.69) is 10.5 Å². The van der Waals surface area contributed by atoms with Gasteiger partial charge in [0.25, 0.3) is 5.91 Å². The van der Waals surface area contributed by atoms with Crippen LogP contribution >= 0.6 is 0 Å². The molecule has 0 spiro atoms. The van der Waals surface area contributed by atoms with Crippen LogP contribution in [0.3, 0.4) is 0 Å². The molecule has 0 saturated heterocycles. The van der Waals surface area contributed by atoms with E-state index in [1.165, 1.54) is 24.4 Å². The Hall–Kier alpha value is -4.05. The number of ether oxygens (including phenoxy) is 1. The molecule has 3 aromatic carbocycles. The highest BCUT2D eigenvalue weighted by atomic mass is 32.2. The number of nitrogens with one attached hydrogen (secondary N) is 1. The maximum atomic E-state index is 14.0. The van der Waals surface area contributed by atoms with Crippen molar-refractivity contribution in [2.45, 2.75) is 0 Å². The summed E-state index contributed by atoms with van der Waals surface area (Å²) in [5.74, 6) is -1.69. The van der Waals surface area contributed by atoms with Gasteiger partial charge in [0.05, 0.1) is 23.7 Å². The van der Waals surface area contributed by atoms with Crippen LogP contribution in [0, 0.1) is 5.82 Å². The Labute approximate surface area is 190 Å². The predicted molar refractivity (Wildman–Crippen MR) is 122 cm³/mol. The molecule has 1 amide bonds. The lowest BCUT2D eigenvalue weighted by Crippen LogP contribution is -2.39. The van der Waals surface area contributed by atoms with Crippen molar-refractivity contribution < 1.29 is 27.1 Å². The molecule has 33 heavy (non-hydrogen) atoms. The van der Waals surface area contributed by atoms with Crippen molar-refractivity contribution in [3.8, 4) is 5.75 Å². The predicted octanol–water partition coefficient (Wildman–Crippen LogP) is 2.96. The van der Waals surface area contributed by atoms with E-state index in [9.17, 15) is 22.4 Å². The first kappa shape index (κ1) is 23.6. The van der Waals surface area contributed by atoms with Gasteiger partial charge >= 0.3 is 5.97 Å². The number of nitrogens with zero attached hydrogens (tertiary/aromatic N) is 2. The molecule has 1 N–H and O–H groups in total. The number of anilines is 1. The Bertz CT molecular complexity index is 1260. The van der Waals surface area contributed by atoms with Gasteiger partial charge in [0, 0.05) is 0 Å². The number of rotatable bonds is 8. The Kier molecular flexibility index (Phi) is 7.52. The number of carbonyl (C=O) groups is 2. The summed E-state index contributed by atoms with van der Waals surface area (Å²) in [5, 5.41) is 3.78. The number of halogens is 1. The van der Waals surface area contributed by atoms with Crippen LogP contribution in [-0.2, 0) is 14.8 Å². The van der Waals surface area contributed by atoms with Gasteiger partial charge in [-0.3, -0.25) is 9.10 Å². The summed E-state index contributed by atoms with van der Waals surface area (Å²) in [6.45, 7) is -0.647. The highest BCUT2D eigenvalue weighted by Crippen LogP contribution is 2.21. The molecule has 0 aliphatic heterocycles. The van der Waals surface area contributed by atoms with Gasteiger partial charge in [0.1, 0.15) is 18.1 Å². The second-order valence-corrected chi connectivity index (χ2v) is 8.75. The first-order valence-electron chi connectivity index (χ1n) is 9.65. The minimum atomic E-state index is -3.91. The van der Waals surface area contributed by atoms with Gasteiger partial charge in [0.15, 0.2) is 0 Å². The standard InChI is InChI=1S/C23H20FN3O5S/c1-33(30,31)27(21-10-6-5-9-20(21)24)16-22(28)26-25-15-17-11-13-19(14-12-17)32-23(29)18-7-3-2-4-8-18/h2-15H,16H2,1H3,(H,26,28)/b25-15-. The molecule has 8 nitrogen and oxygen atoms in total. The zero-order valence-electron chi connectivity index (χ0n) is 17.5. The summed E-state index contributed by atoms with van der Waals surface area (Å²) in [5.41, 5.74) is 2.98. The van der Waals surface area contributed by atoms with Crippen molar-refractivity contribution in [2.24, 2.45) is 5.10 Å². The maximum absolute atomic E-state index is 14.0. The van der Waals surface area contributed by atoms with Crippen LogP contribution in [0.2, 0.25) is 0 Å². The molecule has 0 heterocycles. The minimum Gasteiger partial charge on any atom is -0.423 e. The highest BCUT2D eigenvalue weighted by molar-refractivity contribution is 7.92. The van der Waals surface area contributed by atoms with Crippen LogP contribution in [0.5, 0.6) is 5.75 Å². The van der Waals surface area contributed by atoms with Crippen LogP contribution in [0.4, 0.5) is 10.1 Å². The molecule has 0 unspecified atom stereocenters. The van der Waals surface area contributed by atoms with E-state index in [-0.39, 0.29) is 5.69 Å². The summed E-state index contributed by atoms with van der Waals surface area (Å²) in [7, 11) is -3.91. The van der Waals surface area contributed by atoms with Gasteiger partial charge in [-0.25, -0.2) is 23.0 Å². The summed E-state index contributed by atoms with van der Waals surface area (Å²) in [6.07, 6.45) is 2.21. The number of sulfonamides is 1. The fourth-order valence-corrected chi connectivity index (χ4v) is 3.60. The molecule has 0 aliphatic carbocycles. The van der Waals surface area contributed by atoms with E-state index < -0.39 is 34.3 Å². The van der Waals surface area contributed by atoms with Crippen molar-refractivity contribution in [3.63, 3.8) is 0 Å². The molecule has 0 saturated carbocycles. The Balaban J connectivity index is 1.58.